The van der Waals surface area contributed by atoms with Gasteiger partial charge < -0.3 is 5.32 Å². The lowest BCUT2D eigenvalue weighted by atomic mass is 9.75. The second kappa shape index (κ2) is 6.86. The van der Waals surface area contributed by atoms with Crippen molar-refractivity contribution >= 4 is 46.4 Å². The molecule has 1 N–H and O–H groups in total. The van der Waals surface area contributed by atoms with Gasteiger partial charge in [0.1, 0.15) is 10.6 Å². The van der Waals surface area contributed by atoms with Crippen molar-refractivity contribution in [1.29, 1.82) is 0 Å². The van der Waals surface area contributed by atoms with Crippen LogP contribution in [-0.4, -0.2) is 40.1 Å². The predicted octanol–water partition coefficient (Wildman–Crippen LogP) is 3.30. The first-order valence-electron chi connectivity index (χ1n) is 11.2. The van der Waals surface area contributed by atoms with Gasteiger partial charge >= 0.3 is 0 Å². The highest BCUT2D eigenvalue weighted by atomic mass is 35.5. The number of carbonyl (C=O) groups is 3. The highest BCUT2D eigenvalue weighted by Crippen LogP contribution is 2.61. The maximum Gasteiger partial charge on any atom is 0.289 e. The third-order valence-corrected chi connectivity index (χ3v) is 8.15. The minimum atomic E-state index is -1.28. The van der Waals surface area contributed by atoms with Crippen molar-refractivity contribution in [2.45, 2.75) is 38.3 Å². The Balaban J connectivity index is 1.55. The zero-order valence-electron chi connectivity index (χ0n) is 18.5. The Hall–Kier alpha value is -3.30. The normalized spacial score (nSPS) is 29.6. The lowest BCUT2D eigenvalue weighted by Gasteiger charge is -2.36. The van der Waals surface area contributed by atoms with Gasteiger partial charge in [0.2, 0.25) is 17.7 Å². The number of benzene rings is 2. The van der Waals surface area contributed by atoms with E-state index in [1.165, 1.54) is 12.1 Å². The number of nitro groups is 1. The van der Waals surface area contributed by atoms with Crippen LogP contribution >= 0.6 is 11.6 Å². The maximum atomic E-state index is 14.0. The van der Waals surface area contributed by atoms with Gasteiger partial charge in [0.25, 0.3) is 5.69 Å². The summed E-state index contributed by atoms with van der Waals surface area (Å²) >= 11 is 5.95. The van der Waals surface area contributed by atoms with Crippen molar-refractivity contribution in [2.75, 3.05) is 16.8 Å². The summed E-state index contributed by atoms with van der Waals surface area (Å²) in [4.78, 5) is 55.3. The van der Waals surface area contributed by atoms with E-state index >= 15 is 0 Å². The molecule has 0 bridgehead atoms. The van der Waals surface area contributed by atoms with Gasteiger partial charge in [-0.3, -0.25) is 29.4 Å². The number of aryl methyl sites for hydroxylation is 2. The molecule has 10 heteroatoms. The Morgan fingerprint density at radius 2 is 1.91 bits per heavy atom. The van der Waals surface area contributed by atoms with Gasteiger partial charge in [-0.25, -0.2) is 4.90 Å². The number of halogens is 1. The summed E-state index contributed by atoms with van der Waals surface area (Å²) in [7, 11) is 0. The largest absolute Gasteiger partial charge is 0.324 e. The Kier molecular flexibility index (Phi) is 4.29. The molecule has 0 saturated carbocycles. The zero-order valence-corrected chi connectivity index (χ0v) is 19.3. The lowest BCUT2D eigenvalue weighted by Crippen LogP contribution is -2.54. The fraction of sp³-hybridized carbons (Fsp3) is 0.375. The second-order valence-electron chi connectivity index (χ2n) is 9.54. The van der Waals surface area contributed by atoms with Gasteiger partial charge in [-0.05, 0) is 50.9 Å². The quantitative estimate of drug-likeness (QED) is 0.401. The van der Waals surface area contributed by atoms with Crippen LogP contribution in [0, 0.1) is 35.8 Å². The van der Waals surface area contributed by atoms with Crippen LogP contribution in [0.3, 0.4) is 0 Å². The molecule has 2 aromatic carbocycles. The summed E-state index contributed by atoms with van der Waals surface area (Å²) in [6.07, 6.45) is 1.51. The number of nitrogens with one attached hydrogen (secondary N) is 1. The molecule has 0 aliphatic carbocycles. The Morgan fingerprint density at radius 1 is 1.15 bits per heavy atom. The van der Waals surface area contributed by atoms with E-state index in [1.54, 1.807) is 0 Å². The molecular weight excluding hydrogens is 460 g/mol. The second-order valence-corrected chi connectivity index (χ2v) is 9.94. The lowest BCUT2D eigenvalue weighted by molar-refractivity contribution is -0.384. The zero-order chi connectivity index (χ0) is 24.1. The first-order chi connectivity index (χ1) is 16.2. The summed E-state index contributed by atoms with van der Waals surface area (Å²) < 4.78 is 0. The SMILES string of the molecule is Cc1cc(C)c2c(c1)[C@]1(C(=O)N2)[C@@H]2C(=O)N(c3ccc(Cl)c([N+](=O)[O-])c3)C(=O)[C@@H]2[C@@H]2CCCN21. The number of carbonyl (C=O) groups excluding carboxylic acids is 3. The fourth-order valence-corrected chi connectivity index (χ4v) is 6.88. The molecule has 3 saturated heterocycles. The van der Waals surface area contributed by atoms with E-state index in [2.05, 4.69) is 10.2 Å². The molecule has 3 fully saturated rings. The minimum absolute atomic E-state index is 0.0819. The first-order valence-corrected chi connectivity index (χ1v) is 11.6. The molecule has 9 nitrogen and oxygen atoms in total. The molecule has 0 unspecified atom stereocenters. The summed E-state index contributed by atoms with van der Waals surface area (Å²) in [6.45, 7) is 4.47. The van der Waals surface area contributed by atoms with E-state index in [-0.39, 0.29) is 28.3 Å². The molecule has 1 spiro atoms. The fourth-order valence-electron chi connectivity index (χ4n) is 6.69. The van der Waals surface area contributed by atoms with Crippen LogP contribution in [0.4, 0.5) is 17.1 Å². The number of anilines is 2. The number of amides is 3. The number of rotatable bonds is 2. The molecule has 34 heavy (non-hydrogen) atoms. The third kappa shape index (κ3) is 2.40. The predicted molar refractivity (Wildman–Crippen MR) is 124 cm³/mol. The molecule has 4 heterocycles. The molecular formula is C24H21ClN4O5. The van der Waals surface area contributed by atoms with Crippen LogP contribution < -0.4 is 10.2 Å². The van der Waals surface area contributed by atoms with Crippen LogP contribution in [0.5, 0.6) is 0 Å². The monoisotopic (exact) mass is 480 g/mol. The van der Waals surface area contributed by atoms with Crippen molar-refractivity contribution < 1.29 is 19.3 Å². The summed E-state index contributed by atoms with van der Waals surface area (Å²) in [5, 5.41) is 14.3. The topological polar surface area (TPSA) is 113 Å². The first kappa shape index (κ1) is 21.2. The summed E-state index contributed by atoms with van der Waals surface area (Å²) in [5.41, 5.74) is 1.73. The van der Waals surface area contributed by atoms with Crippen LogP contribution in [0.1, 0.15) is 29.5 Å². The van der Waals surface area contributed by atoms with E-state index in [9.17, 15) is 24.5 Å². The van der Waals surface area contributed by atoms with Gasteiger partial charge in [0.15, 0.2) is 0 Å². The van der Waals surface area contributed by atoms with Crippen LogP contribution in [-0.2, 0) is 19.9 Å². The molecule has 0 aromatic heterocycles. The van der Waals surface area contributed by atoms with Crippen molar-refractivity contribution in [2.24, 2.45) is 11.8 Å². The van der Waals surface area contributed by atoms with E-state index in [0.29, 0.717) is 18.7 Å². The van der Waals surface area contributed by atoms with Crippen molar-refractivity contribution in [3.05, 3.63) is 62.2 Å². The number of imide groups is 1. The van der Waals surface area contributed by atoms with Gasteiger partial charge in [-0.2, -0.15) is 0 Å². The number of nitrogens with zero attached hydrogens (tertiary/aromatic N) is 3. The number of fused-ring (bicyclic) bond motifs is 7. The molecule has 4 atom stereocenters. The number of hydrogen-bond donors (Lipinski definition) is 1. The van der Waals surface area contributed by atoms with E-state index < -0.39 is 34.1 Å². The van der Waals surface area contributed by atoms with Crippen molar-refractivity contribution in [3.63, 3.8) is 0 Å². The highest BCUT2D eigenvalue weighted by Gasteiger charge is 2.74. The van der Waals surface area contributed by atoms with E-state index in [1.807, 2.05) is 26.0 Å². The Morgan fingerprint density at radius 3 is 2.65 bits per heavy atom. The van der Waals surface area contributed by atoms with Crippen LogP contribution in [0.2, 0.25) is 5.02 Å². The van der Waals surface area contributed by atoms with Crippen LogP contribution in [0.25, 0.3) is 0 Å². The van der Waals surface area contributed by atoms with Gasteiger partial charge in [-0.1, -0.05) is 29.3 Å². The van der Waals surface area contributed by atoms with Crippen LogP contribution in [0.15, 0.2) is 30.3 Å². The molecule has 4 aliphatic heterocycles. The van der Waals surface area contributed by atoms with Crippen molar-refractivity contribution in [1.82, 2.24) is 4.90 Å². The highest BCUT2D eigenvalue weighted by molar-refractivity contribution is 6.33. The number of nitro benzene ring substituents is 1. The smallest absolute Gasteiger partial charge is 0.289 e. The van der Waals surface area contributed by atoms with E-state index in [0.717, 1.165) is 34.1 Å². The van der Waals surface area contributed by atoms with Gasteiger partial charge in [-0.15, -0.1) is 0 Å². The molecule has 3 amide bonds. The number of hydrogen-bond acceptors (Lipinski definition) is 6. The third-order valence-electron chi connectivity index (χ3n) is 7.83. The van der Waals surface area contributed by atoms with Gasteiger partial charge in [0, 0.05) is 23.4 Å². The maximum absolute atomic E-state index is 14.0. The molecule has 4 aliphatic rings. The Labute approximate surface area is 199 Å². The average Bonchev–Trinajstić information content (AvgIpc) is 3.48. The summed E-state index contributed by atoms with van der Waals surface area (Å²) in [5.74, 6) is -2.85. The van der Waals surface area contributed by atoms with Gasteiger partial charge in [0.05, 0.1) is 22.4 Å². The Bertz CT molecular complexity index is 1340. The average molecular weight is 481 g/mol. The van der Waals surface area contributed by atoms with Crippen molar-refractivity contribution in [3.8, 4) is 0 Å². The molecule has 6 rings (SSSR count). The minimum Gasteiger partial charge on any atom is -0.324 e. The molecule has 2 aromatic rings. The summed E-state index contributed by atoms with van der Waals surface area (Å²) in [6, 6.07) is 7.55. The standard InChI is InChI=1S/C24H21ClN4O5/c1-11-8-12(2)20-14(9-11)24(23(32)26-20)19-18(16-4-3-7-27(16)24)21(30)28(22(19)31)13-5-6-15(25)17(10-13)29(33)34/h5-6,8-10,16,18-19H,3-4,7H2,1-2H3,(H,26,32)/t16-,18+,19-,24+/m0/s1. The molecule has 174 valence electrons. The molecule has 0 radical (unpaired) electrons. The van der Waals surface area contributed by atoms with E-state index in [4.69, 9.17) is 11.6 Å².